The van der Waals surface area contributed by atoms with Crippen LogP contribution in [0.2, 0.25) is 0 Å². The molecule has 2 aliphatic rings. The van der Waals surface area contributed by atoms with Gasteiger partial charge in [-0.05, 0) is 0 Å². The standard InChI is InChI=1S/C11H10ClF4NO5/c12-4-2-17(6(20)1-5(4)19)9-11(15,16)7(21)10(3-18,22-9)8(13)14/h2,7-9,18,21H,1,3H2/t7-,9-,10-/m1/s1. The lowest BCUT2D eigenvalue weighted by atomic mass is 9.95. The summed E-state index contributed by atoms with van der Waals surface area (Å²) in [6.45, 7) is -1.60. The highest BCUT2D eigenvalue weighted by Gasteiger charge is 2.71. The summed E-state index contributed by atoms with van der Waals surface area (Å²) in [5, 5.41) is 17.9. The second-order valence-electron chi connectivity index (χ2n) is 4.84. The SMILES string of the molecule is O=C1CC(=O)N([C@@H]2O[C@@](CO)(C(F)F)[C@@H](O)C2(F)F)C=C1Cl. The van der Waals surface area contributed by atoms with Gasteiger partial charge in [-0.15, -0.1) is 0 Å². The predicted octanol–water partition coefficient (Wildman–Crippen LogP) is 0.217. The van der Waals surface area contributed by atoms with E-state index in [1.54, 1.807) is 0 Å². The third kappa shape index (κ3) is 2.30. The quantitative estimate of drug-likeness (QED) is 0.563. The van der Waals surface area contributed by atoms with Gasteiger partial charge in [0.05, 0.1) is 13.0 Å². The predicted molar refractivity (Wildman–Crippen MR) is 62.1 cm³/mol. The first kappa shape index (κ1) is 17.1. The van der Waals surface area contributed by atoms with Gasteiger partial charge in [0.15, 0.2) is 17.5 Å². The van der Waals surface area contributed by atoms with Crippen LogP contribution in [0.3, 0.4) is 0 Å². The molecule has 1 saturated heterocycles. The summed E-state index contributed by atoms with van der Waals surface area (Å²) < 4.78 is 58.6. The minimum atomic E-state index is -4.32. The first-order chi connectivity index (χ1) is 10.1. The van der Waals surface area contributed by atoms with E-state index in [0.717, 1.165) is 0 Å². The average molecular weight is 348 g/mol. The number of hydrogen-bond acceptors (Lipinski definition) is 5. The van der Waals surface area contributed by atoms with Gasteiger partial charge in [0, 0.05) is 6.20 Å². The van der Waals surface area contributed by atoms with E-state index >= 15 is 0 Å². The topological polar surface area (TPSA) is 87.1 Å². The summed E-state index contributed by atoms with van der Waals surface area (Å²) in [6.07, 6.45) is -9.66. The van der Waals surface area contributed by atoms with E-state index in [-0.39, 0.29) is 4.90 Å². The fourth-order valence-electron chi connectivity index (χ4n) is 2.20. The van der Waals surface area contributed by atoms with Gasteiger partial charge in [-0.1, -0.05) is 11.6 Å². The van der Waals surface area contributed by atoms with Gasteiger partial charge in [0.25, 0.3) is 6.43 Å². The van der Waals surface area contributed by atoms with Crippen LogP contribution in [0.25, 0.3) is 0 Å². The second-order valence-corrected chi connectivity index (χ2v) is 5.25. The van der Waals surface area contributed by atoms with Crippen LogP contribution in [-0.4, -0.2) is 63.7 Å². The molecule has 0 unspecified atom stereocenters. The number of rotatable bonds is 3. The summed E-state index contributed by atoms with van der Waals surface area (Å²) in [5.41, 5.74) is -3.25. The fraction of sp³-hybridized carbons (Fsp3) is 0.636. The number of ether oxygens (including phenoxy) is 1. The summed E-state index contributed by atoms with van der Waals surface area (Å²) in [5.74, 6) is -6.30. The van der Waals surface area contributed by atoms with Crippen LogP contribution in [0.4, 0.5) is 17.6 Å². The molecule has 22 heavy (non-hydrogen) atoms. The molecule has 0 saturated carbocycles. The molecule has 2 heterocycles. The Morgan fingerprint density at radius 1 is 1.45 bits per heavy atom. The number of alkyl halides is 4. The van der Waals surface area contributed by atoms with Crippen molar-refractivity contribution in [3.8, 4) is 0 Å². The molecule has 0 radical (unpaired) electrons. The Morgan fingerprint density at radius 2 is 2.05 bits per heavy atom. The maximum Gasteiger partial charge on any atom is 0.320 e. The van der Waals surface area contributed by atoms with Crippen molar-refractivity contribution in [2.45, 2.75) is 36.7 Å². The van der Waals surface area contributed by atoms with E-state index in [1.807, 2.05) is 0 Å². The number of carbonyl (C=O) groups excluding carboxylic acids is 2. The number of aliphatic hydroxyl groups excluding tert-OH is 2. The summed E-state index contributed by atoms with van der Waals surface area (Å²) >= 11 is 5.46. The Bertz CT molecular complexity index is 543. The highest BCUT2D eigenvalue weighted by molar-refractivity contribution is 6.44. The van der Waals surface area contributed by atoms with E-state index in [4.69, 9.17) is 16.7 Å². The van der Waals surface area contributed by atoms with Crippen molar-refractivity contribution in [1.82, 2.24) is 4.90 Å². The van der Waals surface area contributed by atoms with Crippen LogP contribution in [0, 0.1) is 0 Å². The lowest BCUT2D eigenvalue weighted by Gasteiger charge is -2.31. The van der Waals surface area contributed by atoms with Crippen molar-refractivity contribution < 1.29 is 42.1 Å². The van der Waals surface area contributed by atoms with E-state index in [9.17, 15) is 32.3 Å². The molecule has 1 amide bonds. The molecule has 0 aliphatic carbocycles. The molecule has 1 fully saturated rings. The van der Waals surface area contributed by atoms with E-state index in [2.05, 4.69) is 4.74 Å². The van der Waals surface area contributed by atoms with Crippen LogP contribution in [0.1, 0.15) is 6.42 Å². The Kier molecular flexibility index (Phi) is 4.24. The number of carbonyl (C=O) groups is 2. The molecule has 6 nitrogen and oxygen atoms in total. The maximum absolute atomic E-state index is 14.1. The molecule has 0 spiro atoms. The van der Waals surface area contributed by atoms with Crippen LogP contribution in [-0.2, 0) is 14.3 Å². The summed E-state index contributed by atoms with van der Waals surface area (Å²) in [4.78, 5) is 23.0. The minimum Gasteiger partial charge on any atom is -0.393 e. The van der Waals surface area contributed by atoms with Crippen LogP contribution in [0.15, 0.2) is 11.2 Å². The van der Waals surface area contributed by atoms with Gasteiger partial charge in [-0.3, -0.25) is 14.5 Å². The number of aliphatic hydroxyl groups is 2. The van der Waals surface area contributed by atoms with Crippen molar-refractivity contribution >= 4 is 23.3 Å². The zero-order valence-electron chi connectivity index (χ0n) is 10.7. The number of Topliss-reactive ketones (excluding diaryl/α,β-unsaturated/α-hetero) is 1. The molecule has 124 valence electrons. The van der Waals surface area contributed by atoms with Gasteiger partial charge >= 0.3 is 5.92 Å². The molecule has 0 aromatic carbocycles. The molecule has 0 aromatic rings. The van der Waals surface area contributed by atoms with Crippen LogP contribution < -0.4 is 0 Å². The van der Waals surface area contributed by atoms with Gasteiger partial charge in [0.1, 0.15) is 5.03 Å². The van der Waals surface area contributed by atoms with E-state index in [0.29, 0.717) is 6.20 Å². The third-order valence-corrected chi connectivity index (χ3v) is 3.78. The second kappa shape index (κ2) is 5.44. The first-order valence-electron chi connectivity index (χ1n) is 5.92. The average Bonchev–Trinajstić information content (AvgIpc) is 2.63. The zero-order valence-corrected chi connectivity index (χ0v) is 11.4. The Balaban J connectivity index is 2.44. The number of halogens is 5. The largest absolute Gasteiger partial charge is 0.393 e. The lowest BCUT2D eigenvalue weighted by Crippen LogP contribution is -2.54. The van der Waals surface area contributed by atoms with Gasteiger partial charge in [0.2, 0.25) is 12.1 Å². The molecule has 0 aromatic heterocycles. The smallest absolute Gasteiger partial charge is 0.320 e. The van der Waals surface area contributed by atoms with E-state index < -0.39 is 60.0 Å². The number of ketones is 1. The summed E-state index contributed by atoms with van der Waals surface area (Å²) in [6, 6.07) is 0. The molecule has 2 aliphatic heterocycles. The summed E-state index contributed by atoms with van der Waals surface area (Å²) in [7, 11) is 0. The highest BCUT2D eigenvalue weighted by Crippen LogP contribution is 2.47. The van der Waals surface area contributed by atoms with E-state index in [1.165, 1.54) is 0 Å². The normalized spacial score (nSPS) is 35.3. The van der Waals surface area contributed by atoms with Crippen molar-refractivity contribution in [1.29, 1.82) is 0 Å². The lowest BCUT2D eigenvalue weighted by molar-refractivity contribution is -0.203. The van der Waals surface area contributed by atoms with Gasteiger partial charge in [-0.2, -0.15) is 8.78 Å². The number of hydrogen-bond donors (Lipinski definition) is 2. The Morgan fingerprint density at radius 3 is 2.50 bits per heavy atom. The first-order valence-corrected chi connectivity index (χ1v) is 6.30. The van der Waals surface area contributed by atoms with Crippen molar-refractivity contribution in [3.05, 3.63) is 11.2 Å². The zero-order chi connectivity index (χ0) is 16.9. The molecule has 0 bridgehead atoms. The van der Waals surface area contributed by atoms with Crippen LogP contribution >= 0.6 is 11.6 Å². The van der Waals surface area contributed by atoms with Gasteiger partial charge in [-0.25, -0.2) is 8.78 Å². The monoisotopic (exact) mass is 347 g/mol. The van der Waals surface area contributed by atoms with Crippen molar-refractivity contribution in [2.24, 2.45) is 0 Å². The molecule has 3 atom stereocenters. The number of amides is 1. The molecular formula is C11H10ClF4NO5. The Hall–Kier alpha value is -1.23. The Labute approximate surface area is 125 Å². The third-order valence-electron chi connectivity index (χ3n) is 3.48. The van der Waals surface area contributed by atoms with Crippen molar-refractivity contribution in [3.63, 3.8) is 0 Å². The molecule has 2 N–H and O–H groups in total. The van der Waals surface area contributed by atoms with Crippen molar-refractivity contribution in [2.75, 3.05) is 6.61 Å². The maximum atomic E-state index is 14.1. The number of allylic oxidation sites excluding steroid dienone is 1. The molecular weight excluding hydrogens is 338 g/mol. The molecule has 2 rings (SSSR count). The fourth-order valence-corrected chi connectivity index (χ4v) is 2.37. The minimum absolute atomic E-state index is 0.173. The van der Waals surface area contributed by atoms with Gasteiger partial charge < -0.3 is 14.9 Å². The van der Waals surface area contributed by atoms with Crippen LogP contribution in [0.5, 0.6) is 0 Å². The number of nitrogens with zero attached hydrogens (tertiary/aromatic N) is 1. The highest BCUT2D eigenvalue weighted by atomic mass is 35.5. The molecule has 11 heteroatoms.